The number of hydrogen-bond donors (Lipinski definition) is 1. The van der Waals surface area contributed by atoms with Gasteiger partial charge in [0, 0.05) is 18.0 Å². The highest BCUT2D eigenvalue weighted by atomic mass is 32.2. The summed E-state index contributed by atoms with van der Waals surface area (Å²) in [6, 6.07) is 12.5. The molecule has 1 aliphatic rings. The van der Waals surface area contributed by atoms with Crippen molar-refractivity contribution in [3.63, 3.8) is 0 Å². The first-order chi connectivity index (χ1) is 8.83. The molecule has 4 heteroatoms. The van der Waals surface area contributed by atoms with Crippen molar-refractivity contribution >= 4 is 16.8 Å². The van der Waals surface area contributed by atoms with Crippen molar-refractivity contribution in [1.82, 2.24) is 10.4 Å². The summed E-state index contributed by atoms with van der Waals surface area (Å²) in [5.74, 6) is 0. The molecule has 1 N–H and O–H groups in total. The molecule has 0 saturated carbocycles. The van der Waals surface area contributed by atoms with E-state index in [9.17, 15) is 0 Å². The molecular formula is C14H13N3S. The number of aromatic nitrogens is 1. The SMILES string of the molecule is Cc1ccc(C2=NN[C@H](c3ccncc3)S2)cc1. The molecule has 0 bridgehead atoms. The zero-order valence-electron chi connectivity index (χ0n) is 10.00. The molecule has 2 heterocycles. The van der Waals surface area contributed by atoms with E-state index in [4.69, 9.17) is 0 Å². The van der Waals surface area contributed by atoms with E-state index in [0.717, 1.165) is 10.6 Å². The van der Waals surface area contributed by atoms with Gasteiger partial charge in [0.15, 0.2) is 0 Å². The van der Waals surface area contributed by atoms with Crippen LogP contribution in [0.3, 0.4) is 0 Å². The van der Waals surface area contributed by atoms with Crippen molar-refractivity contribution in [2.75, 3.05) is 0 Å². The number of nitrogens with one attached hydrogen (secondary N) is 1. The summed E-state index contributed by atoms with van der Waals surface area (Å²) >= 11 is 1.73. The van der Waals surface area contributed by atoms with Gasteiger partial charge in [-0.15, -0.1) is 0 Å². The molecule has 2 aromatic rings. The second kappa shape index (κ2) is 4.82. The Morgan fingerprint density at radius 2 is 1.78 bits per heavy atom. The monoisotopic (exact) mass is 255 g/mol. The van der Waals surface area contributed by atoms with Crippen molar-refractivity contribution < 1.29 is 0 Å². The smallest absolute Gasteiger partial charge is 0.126 e. The van der Waals surface area contributed by atoms with Crippen LogP contribution in [0.25, 0.3) is 0 Å². The number of pyridine rings is 1. The molecule has 18 heavy (non-hydrogen) atoms. The topological polar surface area (TPSA) is 37.3 Å². The highest BCUT2D eigenvalue weighted by Crippen LogP contribution is 2.33. The second-order valence-corrected chi connectivity index (χ2v) is 5.28. The lowest BCUT2D eigenvalue weighted by molar-refractivity contribution is 0.742. The zero-order chi connectivity index (χ0) is 12.4. The number of hydrazone groups is 1. The van der Waals surface area contributed by atoms with Gasteiger partial charge in [-0.1, -0.05) is 41.6 Å². The van der Waals surface area contributed by atoms with Gasteiger partial charge < -0.3 is 0 Å². The molecule has 0 unspecified atom stereocenters. The molecule has 1 aromatic heterocycles. The Bertz CT molecular complexity index is 563. The molecule has 0 radical (unpaired) electrons. The molecule has 90 valence electrons. The van der Waals surface area contributed by atoms with Gasteiger partial charge >= 0.3 is 0 Å². The van der Waals surface area contributed by atoms with E-state index in [-0.39, 0.29) is 5.37 Å². The van der Waals surface area contributed by atoms with Gasteiger partial charge in [-0.2, -0.15) is 5.10 Å². The first-order valence-electron chi connectivity index (χ1n) is 5.80. The largest absolute Gasteiger partial charge is 0.291 e. The lowest BCUT2D eigenvalue weighted by atomic mass is 10.2. The van der Waals surface area contributed by atoms with Crippen LogP contribution in [0, 0.1) is 6.92 Å². The van der Waals surface area contributed by atoms with E-state index in [0.29, 0.717) is 0 Å². The Morgan fingerprint density at radius 1 is 1.06 bits per heavy atom. The molecule has 0 amide bonds. The minimum absolute atomic E-state index is 0.185. The maximum absolute atomic E-state index is 4.40. The average molecular weight is 255 g/mol. The summed E-state index contributed by atoms with van der Waals surface area (Å²) in [5.41, 5.74) is 6.78. The number of rotatable bonds is 2. The van der Waals surface area contributed by atoms with Crippen LogP contribution in [0.5, 0.6) is 0 Å². The van der Waals surface area contributed by atoms with Crippen LogP contribution in [-0.4, -0.2) is 10.0 Å². The van der Waals surface area contributed by atoms with Crippen molar-refractivity contribution in [3.05, 3.63) is 65.5 Å². The first-order valence-corrected chi connectivity index (χ1v) is 6.68. The van der Waals surface area contributed by atoms with Crippen LogP contribution in [0.1, 0.15) is 22.1 Å². The Kier molecular flexibility index (Phi) is 3.02. The van der Waals surface area contributed by atoms with Crippen molar-refractivity contribution in [3.8, 4) is 0 Å². The number of nitrogens with zero attached hydrogens (tertiary/aromatic N) is 2. The highest BCUT2D eigenvalue weighted by Gasteiger charge is 2.21. The van der Waals surface area contributed by atoms with Gasteiger partial charge in [-0.3, -0.25) is 10.4 Å². The van der Waals surface area contributed by atoms with Crippen LogP contribution in [0.2, 0.25) is 0 Å². The fourth-order valence-electron chi connectivity index (χ4n) is 1.79. The number of thioether (sulfide) groups is 1. The van der Waals surface area contributed by atoms with Gasteiger partial charge in [-0.05, 0) is 24.6 Å². The van der Waals surface area contributed by atoms with Gasteiger partial charge in [0.25, 0.3) is 0 Å². The third-order valence-electron chi connectivity index (χ3n) is 2.82. The maximum Gasteiger partial charge on any atom is 0.126 e. The summed E-state index contributed by atoms with van der Waals surface area (Å²) in [4.78, 5) is 4.03. The number of aryl methyl sites for hydroxylation is 1. The number of benzene rings is 1. The predicted octanol–water partition coefficient (Wildman–Crippen LogP) is 3.09. The summed E-state index contributed by atoms with van der Waals surface area (Å²) in [5, 5.41) is 5.63. The second-order valence-electron chi connectivity index (χ2n) is 4.19. The lowest BCUT2D eigenvalue weighted by Gasteiger charge is -2.08. The minimum Gasteiger partial charge on any atom is -0.291 e. The van der Waals surface area contributed by atoms with Crippen molar-refractivity contribution in [2.24, 2.45) is 5.10 Å². The Morgan fingerprint density at radius 3 is 2.50 bits per heavy atom. The molecule has 1 aromatic carbocycles. The minimum atomic E-state index is 0.185. The zero-order valence-corrected chi connectivity index (χ0v) is 10.8. The van der Waals surface area contributed by atoms with Gasteiger partial charge in [-0.25, -0.2) is 0 Å². The van der Waals surface area contributed by atoms with E-state index < -0.39 is 0 Å². The summed E-state index contributed by atoms with van der Waals surface area (Å²) in [6.07, 6.45) is 3.61. The highest BCUT2D eigenvalue weighted by molar-refractivity contribution is 8.14. The van der Waals surface area contributed by atoms with E-state index in [1.807, 2.05) is 12.1 Å². The third kappa shape index (κ3) is 2.24. The average Bonchev–Trinajstić information content (AvgIpc) is 2.90. The standard InChI is InChI=1S/C14H13N3S/c1-10-2-4-11(5-3-10)13-16-17-14(18-13)12-6-8-15-9-7-12/h2-9,14,17H,1H3/t14-/m0/s1. The third-order valence-corrected chi connectivity index (χ3v) is 3.98. The summed E-state index contributed by atoms with van der Waals surface area (Å²) < 4.78 is 0. The normalized spacial score (nSPS) is 18.3. The van der Waals surface area contributed by atoms with E-state index in [1.54, 1.807) is 24.2 Å². The number of hydrogen-bond acceptors (Lipinski definition) is 4. The predicted molar refractivity (Wildman–Crippen MR) is 75.4 cm³/mol. The van der Waals surface area contributed by atoms with Gasteiger partial charge in [0.1, 0.15) is 10.4 Å². The van der Waals surface area contributed by atoms with E-state index >= 15 is 0 Å². The summed E-state index contributed by atoms with van der Waals surface area (Å²) in [6.45, 7) is 2.09. The van der Waals surface area contributed by atoms with Crippen molar-refractivity contribution in [2.45, 2.75) is 12.3 Å². The van der Waals surface area contributed by atoms with Crippen LogP contribution in [0.4, 0.5) is 0 Å². The Balaban J connectivity index is 1.77. The molecule has 1 aliphatic heterocycles. The van der Waals surface area contributed by atoms with Crippen LogP contribution in [-0.2, 0) is 0 Å². The van der Waals surface area contributed by atoms with Gasteiger partial charge in [0.05, 0.1) is 0 Å². The fraction of sp³-hybridized carbons (Fsp3) is 0.143. The lowest BCUT2D eigenvalue weighted by Crippen LogP contribution is -2.06. The maximum atomic E-state index is 4.40. The Labute approximate surface area is 110 Å². The quantitative estimate of drug-likeness (QED) is 0.896. The molecule has 0 aliphatic carbocycles. The van der Waals surface area contributed by atoms with Gasteiger partial charge in [0.2, 0.25) is 0 Å². The van der Waals surface area contributed by atoms with E-state index in [2.05, 4.69) is 46.7 Å². The van der Waals surface area contributed by atoms with Crippen molar-refractivity contribution in [1.29, 1.82) is 0 Å². The fourth-order valence-corrected chi connectivity index (χ4v) is 2.79. The molecule has 3 nitrogen and oxygen atoms in total. The molecule has 1 atom stereocenters. The summed E-state index contributed by atoms with van der Waals surface area (Å²) in [7, 11) is 0. The molecule has 0 fully saturated rings. The molecular weight excluding hydrogens is 242 g/mol. The van der Waals surface area contributed by atoms with Crippen LogP contribution in [0.15, 0.2) is 53.9 Å². The van der Waals surface area contributed by atoms with Crippen LogP contribution >= 0.6 is 11.8 Å². The Hall–Kier alpha value is -1.81. The van der Waals surface area contributed by atoms with Crippen LogP contribution < -0.4 is 5.43 Å². The van der Waals surface area contributed by atoms with E-state index in [1.165, 1.54) is 11.1 Å². The molecule has 0 spiro atoms. The molecule has 0 saturated heterocycles. The first kappa shape index (κ1) is 11.3. The molecule has 3 rings (SSSR count).